The fourth-order valence-corrected chi connectivity index (χ4v) is 3.45. The van der Waals surface area contributed by atoms with Crippen LogP contribution >= 0.6 is 0 Å². The van der Waals surface area contributed by atoms with Gasteiger partial charge in [-0.25, -0.2) is 0 Å². The fraction of sp³-hybridized carbons (Fsp3) is 0.308. The summed E-state index contributed by atoms with van der Waals surface area (Å²) in [7, 11) is 0. The minimum atomic E-state index is -0.832. The summed E-state index contributed by atoms with van der Waals surface area (Å²) in [5.41, 5.74) is 4.80. The third kappa shape index (κ3) is 5.70. The van der Waals surface area contributed by atoms with Crippen molar-refractivity contribution >= 4 is 6.29 Å². The fourth-order valence-electron chi connectivity index (χ4n) is 3.45. The van der Waals surface area contributed by atoms with E-state index in [2.05, 4.69) is 6.92 Å². The molecule has 162 valence electrons. The van der Waals surface area contributed by atoms with Gasteiger partial charge < -0.3 is 14.4 Å². The van der Waals surface area contributed by atoms with Gasteiger partial charge in [0.25, 0.3) is 5.56 Å². The van der Waals surface area contributed by atoms with Crippen molar-refractivity contribution in [3.8, 4) is 16.9 Å². The van der Waals surface area contributed by atoms with Crippen LogP contribution in [0.3, 0.4) is 0 Å². The average Bonchev–Trinajstić information content (AvgIpc) is 2.72. The van der Waals surface area contributed by atoms with Gasteiger partial charge in [0, 0.05) is 29.9 Å². The first-order valence-electron chi connectivity index (χ1n) is 10.4. The van der Waals surface area contributed by atoms with Crippen LogP contribution in [-0.4, -0.2) is 21.6 Å². The number of benzene rings is 2. The number of hydrogen-bond donors (Lipinski definition) is 1. The molecule has 0 fully saturated rings. The van der Waals surface area contributed by atoms with Gasteiger partial charge in [-0.15, -0.1) is 0 Å². The highest BCUT2D eigenvalue weighted by atomic mass is 16.5. The molecule has 0 spiro atoms. The predicted octanol–water partition coefficient (Wildman–Crippen LogP) is 4.68. The van der Waals surface area contributed by atoms with Crippen LogP contribution in [-0.2, 0) is 13.2 Å². The third-order valence-electron chi connectivity index (χ3n) is 5.44. The molecule has 0 unspecified atom stereocenters. The van der Waals surface area contributed by atoms with Gasteiger partial charge in [0.2, 0.25) is 0 Å². The van der Waals surface area contributed by atoms with Gasteiger partial charge >= 0.3 is 0 Å². The molecule has 5 nitrogen and oxygen atoms in total. The standard InChI is InChI=1S/C26H29NO4/c1-18-14-25(29)27(13-12-26(3,4)30)15-24(18)23-7-5-6-21(19(23)2)17-31-22-10-8-20(16-28)9-11-22/h5-11,14-16,30H,12-13,17H2,1-4H3. The van der Waals surface area contributed by atoms with Gasteiger partial charge in [-0.1, -0.05) is 18.2 Å². The zero-order valence-electron chi connectivity index (χ0n) is 18.5. The summed E-state index contributed by atoms with van der Waals surface area (Å²) in [6.45, 7) is 8.33. The number of aromatic nitrogens is 1. The van der Waals surface area contributed by atoms with Crippen molar-refractivity contribution in [3.63, 3.8) is 0 Å². The van der Waals surface area contributed by atoms with E-state index in [4.69, 9.17) is 4.74 Å². The molecule has 1 N–H and O–H groups in total. The van der Waals surface area contributed by atoms with E-state index < -0.39 is 5.60 Å². The number of carbonyl (C=O) groups excluding carboxylic acids is 1. The van der Waals surface area contributed by atoms with Gasteiger partial charge in [-0.05, 0) is 80.6 Å². The molecule has 5 heteroatoms. The topological polar surface area (TPSA) is 68.5 Å². The van der Waals surface area contributed by atoms with Crippen molar-refractivity contribution < 1.29 is 14.6 Å². The van der Waals surface area contributed by atoms with Crippen LogP contribution in [0, 0.1) is 13.8 Å². The van der Waals surface area contributed by atoms with Crippen molar-refractivity contribution in [1.29, 1.82) is 0 Å². The van der Waals surface area contributed by atoms with E-state index >= 15 is 0 Å². The number of nitrogens with zero attached hydrogens (tertiary/aromatic N) is 1. The number of aldehydes is 1. The summed E-state index contributed by atoms with van der Waals surface area (Å²) in [4.78, 5) is 23.2. The predicted molar refractivity (Wildman–Crippen MR) is 123 cm³/mol. The lowest BCUT2D eigenvalue weighted by atomic mass is 9.95. The van der Waals surface area contributed by atoms with Gasteiger partial charge in [0.05, 0.1) is 5.60 Å². The molecule has 0 saturated heterocycles. The zero-order valence-corrected chi connectivity index (χ0v) is 18.5. The summed E-state index contributed by atoms with van der Waals surface area (Å²) >= 11 is 0. The van der Waals surface area contributed by atoms with Crippen LogP contribution in [0.2, 0.25) is 0 Å². The van der Waals surface area contributed by atoms with Crippen LogP contribution in [0.15, 0.2) is 59.5 Å². The number of aliphatic hydroxyl groups is 1. The van der Waals surface area contributed by atoms with Crippen molar-refractivity contribution in [1.82, 2.24) is 4.57 Å². The Bertz CT molecular complexity index is 1120. The first kappa shape index (κ1) is 22.5. The summed E-state index contributed by atoms with van der Waals surface area (Å²) < 4.78 is 7.58. The summed E-state index contributed by atoms with van der Waals surface area (Å²) in [5, 5.41) is 10.0. The Hall–Kier alpha value is -3.18. The molecule has 0 atom stereocenters. The van der Waals surface area contributed by atoms with Crippen molar-refractivity contribution in [2.45, 2.75) is 52.9 Å². The Kier molecular flexibility index (Phi) is 6.76. The first-order valence-corrected chi connectivity index (χ1v) is 10.4. The van der Waals surface area contributed by atoms with Crippen LogP contribution in [0.5, 0.6) is 5.75 Å². The van der Waals surface area contributed by atoms with E-state index in [9.17, 15) is 14.7 Å². The zero-order chi connectivity index (χ0) is 22.6. The minimum absolute atomic E-state index is 0.0681. The SMILES string of the molecule is Cc1cc(=O)n(CCC(C)(C)O)cc1-c1cccc(COc2ccc(C=O)cc2)c1C. The lowest BCUT2D eigenvalue weighted by molar-refractivity contribution is 0.0659. The van der Waals surface area contributed by atoms with E-state index in [1.807, 2.05) is 31.3 Å². The first-order chi connectivity index (χ1) is 14.7. The Morgan fingerprint density at radius 2 is 1.77 bits per heavy atom. The molecular weight excluding hydrogens is 390 g/mol. The normalized spacial score (nSPS) is 11.4. The van der Waals surface area contributed by atoms with E-state index in [1.54, 1.807) is 48.7 Å². The molecule has 0 aliphatic rings. The smallest absolute Gasteiger partial charge is 0.250 e. The van der Waals surface area contributed by atoms with E-state index in [0.29, 0.717) is 30.9 Å². The van der Waals surface area contributed by atoms with E-state index in [1.165, 1.54) is 0 Å². The third-order valence-corrected chi connectivity index (χ3v) is 5.44. The van der Waals surface area contributed by atoms with Crippen LogP contribution in [0.4, 0.5) is 0 Å². The summed E-state index contributed by atoms with van der Waals surface area (Å²) in [5.74, 6) is 0.701. The average molecular weight is 420 g/mol. The Labute approximate surface area is 182 Å². The molecule has 0 amide bonds. The highest BCUT2D eigenvalue weighted by Crippen LogP contribution is 2.28. The molecule has 0 aliphatic heterocycles. The molecule has 0 radical (unpaired) electrons. The number of carbonyl (C=O) groups is 1. The van der Waals surface area contributed by atoms with Crippen LogP contribution in [0.25, 0.3) is 11.1 Å². The Morgan fingerprint density at radius 3 is 2.42 bits per heavy atom. The second-order valence-electron chi connectivity index (χ2n) is 8.53. The maximum atomic E-state index is 12.4. The molecule has 0 aliphatic carbocycles. The monoisotopic (exact) mass is 419 g/mol. The van der Waals surface area contributed by atoms with Crippen LogP contribution < -0.4 is 10.3 Å². The van der Waals surface area contributed by atoms with Gasteiger partial charge in [0.15, 0.2) is 0 Å². The Balaban J connectivity index is 1.87. The van der Waals surface area contributed by atoms with Gasteiger partial charge in [0.1, 0.15) is 18.6 Å². The lowest BCUT2D eigenvalue weighted by Crippen LogP contribution is -2.26. The molecule has 2 aromatic carbocycles. The van der Waals surface area contributed by atoms with Crippen LogP contribution in [0.1, 0.15) is 47.3 Å². The molecule has 3 rings (SSSR count). The maximum Gasteiger partial charge on any atom is 0.250 e. The highest BCUT2D eigenvalue weighted by Gasteiger charge is 2.15. The van der Waals surface area contributed by atoms with E-state index in [-0.39, 0.29) is 5.56 Å². The Morgan fingerprint density at radius 1 is 1.06 bits per heavy atom. The van der Waals surface area contributed by atoms with Crippen molar-refractivity contribution in [3.05, 3.63) is 87.3 Å². The number of rotatable bonds is 8. The molecule has 1 heterocycles. The van der Waals surface area contributed by atoms with Gasteiger partial charge in [-0.2, -0.15) is 0 Å². The number of pyridine rings is 1. The maximum absolute atomic E-state index is 12.4. The molecule has 1 aromatic heterocycles. The molecular formula is C26H29NO4. The molecule has 0 saturated carbocycles. The van der Waals surface area contributed by atoms with Crippen molar-refractivity contribution in [2.75, 3.05) is 0 Å². The second-order valence-corrected chi connectivity index (χ2v) is 8.53. The van der Waals surface area contributed by atoms with Crippen molar-refractivity contribution in [2.24, 2.45) is 0 Å². The number of aryl methyl sites for hydroxylation is 2. The summed E-state index contributed by atoms with van der Waals surface area (Å²) in [6, 6.07) is 14.7. The number of ether oxygens (including phenoxy) is 1. The number of hydrogen-bond acceptors (Lipinski definition) is 4. The quantitative estimate of drug-likeness (QED) is 0.538. The molecule has 3 aromatic rings. The second kappa shape index (κ2) is 9.31. The molecule has 0 bridgehead atoms. The largest absolute Gasteiger partial charge is 0.489 e. The lowest BCUT2D eigenvalue weighted by Gasteiger charge is -2.19. The summed E-state index contributed by atoms with van der Waals surface area (Å²) in [6.07, 6.45) is 3.18. The van der Waals surface area contributed by atoms with E-state index in [0.717, 1.165) is 34.1 Å². The minimum Gasteiger partial charge on any atom is -0.489 e. The molecule has 31 heavy (non-hydrogen) atoms. The van der Waals surface area contributed by atoms with Gasteiger partial charge in [-0.3, -0.25) is 9.59 Å². The highest BCUT2D eigenvalue weighted by molar-refractivity contribution is 5.74.